The molecule has 0 N–H and O–H groups in total. The normalized spacial score (nSPS) is 38.3. The van der Waals surface area contributed by atoms with E-state index in [0.29, 0.717) is 30.0 Å². The number of ether oxygens (including phenoxy) is 1. The van der Waals surface area contributed by atoms with Crippen molar-refractivity contribution in [3.8, 4) is 0 Å². The molecule has 0 aromatic heterocycles. The Balaban J connectivity index is 2.29. The second-order valence-electron chi connectivity index (χ2n) is 9.08. The SMILES string of the molecule is COC(=O)[C@]1(C)CCC[C@]2(C)C(CCC(=O)C(C)C)C(CI)CCC21. The molecule has 144 valence electrons. The molecule has 0 saturated heterocycles. The molecule has 0 heterocycles. The molecule has 3 unspecified atom stereocenters. The van der Waals surface area contributed by atoms with Crippen LogP contribution in [0.25, 0.3) is 0 Å². The fourth-order valence-electron chi connectivity index (χ4n) is 5.94. The van der Waals surface area contributed by atoms with Gasteiger partial charge in [0.15, 0.2) is 0 Å². The summed E-state index contributed by atoms with van der Waals surface area (Å²) in [5.74, 6) is 2.05. The predicted molar refractivity (Wildman–Crippen MR) is 110 cm³/mol. The number of hydrogen-bond acceptors (Lipinski definition) is 3. The van der Waals surface area contributed by atoms with Gasteiger partial charge < -0.3 is 4.74 Å². The number of alkyl halides is 1. The van der Waals surface area contributed by atoms with E-state index in [1.54, 1.807) is 0 Å². The van der Waals surface area contributed by atoms with Gasteiger partial charge in [-0.25, -0.2) is 0 Å². The molecule has 0 aromatic rings. The van der Waals surface area contributed by atoms with Crippen molar-refractivity contribution in [1.82, 2.24) is 0 Å². The molecule has 5 atom stereocenters. The first-order valence-electron chi connectivity index (χ1n) is 9.87. The van der Waals surface area contributed by atoms with Crippen LogP contribution in [-0.2, 0) is 14.3 Å². The minimum Gasteiger partial charge on any atom is -0.469 e. The van der Waals surface area contributed by atoms with Crippen LogP contribution in [0.4, 0.5) is 0 Å². The Morgan fingerprint density at radius 3 is 2.44 bits per heavy atom. The third-order valence-corrected chi connectivity index (χ3v) is 8.55. The lowest BCUT2D eigenvalue weighted by atomic mass is 9.45. The molecular formula is C21H35IO3. The Labute approximate surface area is 167 Å². The summed E-state index contributed by atoms with van der Waals surface area (Å²) >= 11 is 2.52. The molecule has 4 heteroatoms. The van der Waals surface area contributed by atoms with Gasteiger partial charge in [-0.1, -0.05) is 49.8 Å². The van der Waals surface area contributed by atoms with E-state index in [9.17, 15) is 9.59 Å². The first kappa shape index (κ1) is 21.2. The molecule has 2 rings (SSSR count). The maximum absolute atomic E-state index is 12.6. The van der Waals surface area contributed by atoms with Crippen LogP contribution in [-0.4, -0.2) is 23.3 Å². The number of rotatable bonds is 6. The Morgan fingerprint density at radius 1 is 1.20 bits per heavy atom. The third-order valence-electron chi connectivity index (χ3n) is 7.41. The van der Waals surface area contributed by atoms with Crippen molar-refractivity contribution in [3.05, 3.63) is 0 Å². The zero-order chi connectivity index (χ0) is 18.8. The van der Waals surface area contributed by atoms with E-state index in [1.807, 2.05) is 13.8 Å². The van der Waals surface area contributed by atoms with Gasteiger partial charge in [-0.05, 0) is 62.2 Å². The summed E-state index contributed by atoms with van der Waals surface area (Å²) in [6.45, 7) is 8.53. The standard InChI is InChI=1S/C21H35IO3/c1-14(2)17(23)9-8-16-15(13-22)7-10-18-20(16,3)11-6-12-21(18,4)19(24)25-5/h14-16,18H,6-13H2,1-5H3/t15?,16?,18?,20-,21-/m1/s1. The van der Waals surface area contributed by atoms with Crippen molar-refractivity contribution >= 4 is 34.3 Å². The number of fused-ring (bicyclic) bond motifs is 1. The molecule has 0 aliphatic heterocycles. The molecular weight excluding hydrogens is 427 g/mol. The average molecular weight is 462 g/mol. The van der Waals surface area contributed by atoms with E-state index in [2.05, 4.69) is 36.4 Å². The molecule has 3 nitrogen and oxygen atoms in total. The quantitative estimate of drug-likeness (QED) is 0.300. The predicted octanol–water partition coefficient (Wildman–Crippen LogP) is 5.44. The van der Waals surface area contributed by atoms with Crippen LogP contribution in [0.3, 0.4) is 0 Å². The van der Waals surface area contributed by atoms with Crippen molar-refractivity contribution in [2.24, 2.45) is 34.5 Å². The molecule has 2 saturated carbocycles. The van der Waals surface area contributed by atoms with Crippen LogP contribution in [0.15, 0.2) is 0 Å². The first-order chi connectivity index (χ1) is 11.7. The molecule has 0 spiro atoms. The number of methoxy groups -OCH3 is 1. The Bertz CT molecular complexity index is 503. The number of carbonyl (C=O) groups is 2. The van der Waals surface area contributed by atoms with Crippen molar-refractivity contribution in [2.75, 3.05) is 11.5 Å². The van der Waals surface area contributed by atoms with E-state index < -0.39 is 0 Å². The van der Waals surface area contributed by atoms with E-state index in [-0.39, 0.29) is 22.7 Å². The third kappa shape index (κ3) is 3.93. The van der Waals surface area contributed by atoms with Crippen molar-refractivity contribution < 1.29 is 14.3 Å². The highest BCUT2D eigenvalue weighted by molar-refractivity contribution is 14.1. The fraction of sp³-hybridized carbons (Fsp3) is 0.905. The highest BCUT2D eigenvalue weighted by atomic mass is 127. The number of hydrogen-bond donors (Lipinski definition) is 0. The van der Waals surface area contributed by atoms with Crippen molar-refractivity contribution in [3.63, 3.8) is 0 Å². The van der Waals surface area contributed by atoms with E-state index in [1.165, 1.54) is 20.0 Å². The summed E-state index contributed by atoms with van der Waals surface area (Å²) in [6.07, 6.45) is 7.16. The highest BCUT2D eigenvalue weighted by Crippen LogP contribution is 2.62. The lowest BCUT2D eigenvalue weighted by Crippen LogP contribution is -2.55. The van der Waals surface area contributed by atoms with Crippen LogP contribution < -0.4 is 0 Å². The zero-order valence-electron chi connectivity index (χ0n) is 16.6. The maximum Gasteiger partial charge on any atom is 0.311 e. The first-order valence-corrected chi connectivity index (χ1v) is 11.4. The van der Waals surface area contributed by atoms with Crippen molar-refractivity contribution in [1.29, 1.82) is 0 Å². The van der Waals surface area contributed by atoms with E-state index in [0.717, 1.165) is 30.1 Å². The van der Waals surface area contributed by atoms with Gasteiger partial charge in [0.1, 0.15) is 5.78 Å². The lowest BCUT2D eigenvalue weighted by molar-refractivity contribution is -0.173. The highest BCUT2D eigenvalue weighted by Gasteiger charge is 2.58. The van der Waals surface area contributed by atoms with Gasteiger partial charge in [0, 0.05) is 16.8 Å². The van der Waals surface area contributed by atoms with Crippen LogP contribution >= 0.6 is 22.6 Å². The molecule has 0 bridgehead atoms. The lowest BCUT2D eigenvalue weighted by Gasteiger charge is -2.59. The summed E-state index contributed by atoms with van der Waals surface area (Å²) in [5.41, 5.74) is -0.217. The fourth-order valence-corrected chi connectivity index (χ4v) is 6.99. The van der Waals surface area contributed by atoms with Gasteiger partial charge in [0.25, 0.3) is 0 Å². The van der Waals surface area contributed by atoms with Crippen LogP contribution in [0, 0.1) is 34.5 Å². The summed E-state index contributed by atoms with van der Waals surface area (Å²) in [6, 6.07) is 0. The van der Waals surface area contributed by atoms with Gasteiger partial charge >= 0.3 is 5.97 Å². The maximum atomic E-state index is 12.6. The monoisotopic (exact) mass is 462 g/mol. The number of esters is 1. The Kier molecular flexibility index (Phi) is 7.00. The van der Waals surface area contributed by atoms with Gasteiger partial charge in [-0.15, -0.1) is 0 Å². The van der Waals surface area contributed by atoms with Gasteiger partial charge in [-0.2, -0.15) is 0 Å². The minimum absolute atomic E-state index is 0.0339. The molecule has 0 aromatic carbocycles. The number of carbonyl (C=O) groups excluding carboxylic acids is 2. The second-order valence-corrected chi connectivity index (χ2v) is 9.96. The van der Waals surface area contributed by atoms with Crippen molar-refractivity contribution in [2.45, 2.75) is 72.6 Å². The molecule has 25 heavy (non-hydrogen) atoms. The molecule has 2 aliphatic carbocycles. The number of Topliss-reactive ketones (excluding diaryl/α,β-unsaturated/α-hetero) is 1. The molecule has 2 aliphatic rings. The second kappa shape index (κ2) is 8.26. The number of halogens is 1. The minimum atomic E-state index is -0.363. The van der Waals surface area contributed by atoms with E-state index in [4.69, 9.17) is 4.74 Å². The summed E-state index contributed by atoms with van der Waals surface area (Å²) in [7, 11) is 1.52. The van der Waals surface area contributed by atoms with E-state index >= 15 is 0 Å². The van der Waals surface area contributed by atoms with Gasteiger partial charge in [0.05, 0.1) is 12.5 Å². The average Bonchev–Trinajstić information content (AvgIpc) is 2.58. The molecule has 2 fully saturated rings. The smallest absolute Gasteiger partial charge is 0.311 e. The topological polar surface area (TPSA) is 43.4 Å². The van der Waals surface area contributed by atoms with Crippen LogP contribution in [0.5, 0.6) is 0 Å². The molecule has 0 amide bonds. The van der Waals surface area contributed by atoms with Gasteiger partial charge in [0.2, 0.25) is 0 Å². The zero-order valence-corrected chi connectivity index (χ0v) is 18.7. The van der Waals surface area contributed by atoms with Crippen LogP contribution in [0.2, 0.25) is 0 Å². The largest absolute Gasteiger partial charge is 0.469 e. The summed E-state index contributed by atoms with van der Waals surface area (Å²) in [4.78, 5) is 24.9. The molecule has 0 radical (unpaired) electrons. The Hall–Kier alpha value is -0.130. The number of ketones is 1. The van der Waals surface area contributed by atoms with Gasteiger partial charge in [-0.3, -0.25) is 9.59 Å². The Morgan fingerprint density at radius 2 is 1.88 bits per heavy atom. The van der Waals surface area contributed by atoms with Crippen LogP contribution in [0.1, 0.15) is 72.6 Å². The summed E-state index contributed by atoms with van der Waals surface area (Å²) < 4.78 is 6.36. The summed E-state index contributed by atoms with van der Waals surface area (Å²) in [5, 5.41) is 0.